The summed E-state index contributed by atoms with van der Waals surface area (Å²) in [5.41, 5.74) is -0.172. The highest BCUT2D eigenvalue weighted by molar-refractivity contribution is 5.99. The lowest BCUT2D eigenvalue weighted by Crippen LogP contribution is -2.47. The maximum atomic E-state index is 11.9. The molecule has 1 aromatic carbocycles. The molecule has 1 aliphatic rings. The molecule has 1 aliphatic heterocycles. The molecule has 5 nitrogen and oxygen atoms in total. The Balaban J connectivity index is 2.04. The molecule has 2 rings (SSSR count). The average Bonchev–Trinajstić information content (AvgIpc) is 2.74. The zero-order chi connectivity index (χ0) is 13.2. The molecule has 5 heteroatoms. The molecule has 0 aromatic heterocycles. The van der Waals surface area contributed by atoms with Gasteiger partial charge in [0.25, 0.3) is 5.91 Å². The first-order valence-electron chi connectivity index (χ1n) is 6.06. The van der Waals surface area contributed by atoms with Crippen LogP contribution >= 0.6 is 0 Å². The van der Waals surface area contributed by atoms with Gasteiger partial charge in [-0.25, -0.2) is 0 Å². The van der Waals surface area contributed by atoms with Gasteiger partial charge in [0.15, 0.2) is 0 Å². The third-order valence-corrected chi connectivity index (χ3v) is 3.34. The van der Waals surface area contributed by atoms with Crippen LogP contribution in [0.5, 0.6) is 11.5 Å². The zero-order valence-electron chi connectivity index (χ0n) is 10.4. The van der Waals surface area contributed by atoms with Gasteiger partial charge >= 0.3 is 0 Å². The standard InChI is InChI=1S/C13H18N2O3/c1-13(6-3-7-15-13)8-14-12(18)11-9(16)4-2-5-10(11)17/h2,4-5,15-17H,3,6-8H2,1H3,(H,14,18). The summed E-state index contributed by atoms with van der Waals surface area (Å²) < 4.78 is 0. The van der Waals surface area contributed by atoms with Gasteiger partial charge in [-0.3, -0.25) is 4.79 Å². The number of benzene rings is 1. The van der Waals surface area contributed by atoms with Crippen molar-refractivity contribution in [3.8, 4) is 11.5 Å². The minimum absolute atomic E-state index is 0.0703. The third-order valence-electron chi connectivity index (χ3n) is 3.34. The number of nitrogens with one attached hydrogen (secondary N) is 2. The molecule has 0 radical (unpaired) electrons. The smallest absolute Gasteiger partial charge is 0.258 e. The van der Waals surface area contributed by atoms with Crippen molar-refractivity contribution in [2.75, 3.05) is 13.1 Å². The first kappa shape index (κ1) is 12.7. The predicted octanol–water partition coefficient (Wildman–Crippen LogP) is 0.970. The summed E-state index contributed by atoms with van der Waals surface area (Å²) in [7, 11) is 0. The van der Waals surface area contributed by atoms with E-state index in [1.165, 1.54) is 18.2 Å². The monoisotopic (exact) mass is 250 g/mol. The summed E-state index contributed by atoms with van der Waals surface area (Å²) in [6.07, 6.45) is 2.09. The van der Waals surface area contributed by atoms with Crippen LogP contribution in [-0.2, 0) is 0 Å². The molecule has 1 aromatic rings. The van der Waals surface area contributed by atoms with Crippen LogP contribution < -0.4 is 10.6 Å². The Bertz CT molecular complexity index is 433. The number of amides is 1. The second kappa shape index (κ2) is 4.86. The molecule has 1 amide bonds. The molecule has 1 unspecified atom stereocenters. The average molecular weight is 250 g/mol. The van der Waals surface area contributed by atoms with E-state index >= 15 is 0 Å². The molecule has 1 fully saturated rings. The van der Waals surface area contributed by atoms with Crippen molar-refractivity contribution in [3.63, 3.8) is 0 Å². The van der Waals surface area contributed by atoms with Crippen LogP contribution in [-0.4, -0.2) is 34.7 Å². The Hall–Kier alpha value is -1.75. The van der Waals surface area contributed by atoms with Crippen molar-refractivity contribution in [1.29, 1.82) is 0 Å². The lowest BCUT2D eigenvalue weighted by molar-refractivity contribution is 0.0937. The van der Waals surface area contributed by atoms with Gasteiger partial charge in [-0.2, -0.15) is 0 Å². The van der Waals surface area contributed by atoms with Gasteiger partial charge in [0.1, 0.15) is 17.1 Å². The highest BCUT2D eigenvalue weighted by Gasteiger charge is 2.29. The van der Waals surface area contributed by atoms with Gasteiger partial charge in [0.05, 0.1) is 0 Å². The molecule has 1 atom stereocenters. The van der Waals surface area contributed by atoms with Crippen molar-refractivity contribution in [2.24, 2.45) is 0 Å². The predicted molar refractivity (Wildman–Crippen MR) is 67.7 cm³/mol. The number of phenolic OH excluding ortho intramolecular Hbond substituents is 2. The Morgan fingerprint density at radius 1 is 1.44 bits per heavy atom. The van der Waals surface area contributed by atoms with Crippen LogP contribution in [0.25, 0.3) is 0 Å². The number of carbonyl (C=O) groups excluding carboxylic acids is 1. The van der Waals surface area contributed by atoms with Gasteiger partial charge in [-0.1, -0.05) is 6.07 Å². The van der Waals surface area contributed by atoms with E-state index in [2.05, 4.69) is 10.6 Å². The van der Waals surface area contributed by atoms with Crippen molar-refractivity contribution in [2.45, 2.75) is 25.3 Å². The topological polar surface area (TPSA) is 81.6 Å². The molecule has 0 aliphatic carbocycles. The second-order valence-corrected chi connectivity index (χ2v) is 4.94. The minimum Gasteiger partial charge on any atom is -0.507 e. The number of hydrogen-bond donors (Lipinski definition) is 4. The number of carbonyl (C=O) groups is 1. The fraction of sp³-hybridized carbons (Fsp3) is 0.462. The Morgan fingerprint density at radius 2 is 2.11 bits per heavy atom. The summed E-state index contributed by atoms with van der Waals surface area (Å²) in [6, 6.07) is 4.25. The van der Waals surface area contributed by atoms with E-state index in [1.807, 2.05) is 6.92 Å². The van der Waals surface area contributed by atoms with Crippen LogP contribution in [0, 0.1) is 0 Å². The maximum absolute atomic E-state index is 11.9. The van der Waals surface area contributed by atoms with Crippen molar-refractivity contribution in [3.05, 3.63) is 23.8 Å². The first-order chi connectivity index (χ1) is 8.52. The second-order valence-electron chi connectivity index (χ2n) is 4.94. The van der Waals surface area contributed by atoms with Crippen LogP contribution in [0.4, 0.5) is 0 Å². The van der Waals surface area contributed by atoms with Gasteiger partial charge < -0.3 is 20.8 Å². The Kier molecular flexibility index (Phi) is 3.43. The van der Waals surface area contributed by atoms with Gasteiger partial charge in [0.2, 0.25) is 0 Å². The van der Waals surface area contributed by atoms with Gasteiger partial charge in [-0.15, -0.1) is 0 Å². The van der Waals surface area contributed by atoms with E-state index in [0.29, 0.717) is 6.54 Å². The van der Waals surface area contributed by atoms with Crippen molar-refractivity contribution >= 4 is 5.91 Å². The SMILES string of the molecule is CC1(CNC(=O)c2c(O)cccc2O)CCCN1. The molecule has 98 valence electrons. The van der Waals surface area contributed by atoms with Crippen molar-refractivity contribution in [1.82, 2.24) is 10.6 Å². The van der Waals surface area contributed by atoms with Crippen molar-refractivity contribution < 1.29 is 15.0 Å². The maximum Gasteiger partial charge on any atom is 0.258 e. The van der Waals surface area contributed by atoms with E-state index in [0.717, 1.165) is 19.4 Å². The molecular weight excluding hydrogens is 232 g/mol. The fourth-order valence-corrected chi connectivity index (χ4v) is 2.23. The summed E-state index contributed by atoms with van der Waals surface area (Å²) in [6.45, 7) is 3.47. The summed E-state index contributed by atoms with van der Waals surface area (Å²) in [4.78, 5) is 11.9. The third kappa shape index (κ3) is 2.56. The molecule has 0 bridgehead atoms. The van der Waals surface area contributed by atoms with Crippen LogP contribution in [0.15, 0.2) is 18.2 Å². The van der Waals surface area contributed by atoms with E-state index in [-0.39, 0.29) is 22.6 Å². The van der Waals surface area contributed by atoms with Crippen LogP contribution in [0.3, 0.4) is 0 Å². The fourth-order valence-electron chi connectivity index (χ4n) is 2.23. The van der Waals surface area contributed by atoms with Crippen LogP contribution in [0.2, 0.25) is 0 Å². The normalized spacial score (nSPS) is 22.9. The van der Waals surface area contributed by atoms with Gasteiger partial charge in [-0.05, 0) is 38.4 Å². The number of rotatable bonds is 3. The molecule has 0 spiro atoms. The van der Waals surface area contributed by atoms with Gasteiger partial charge in [0, 0.05) is 12.1 Å². The first-order valence-corrected chi connectivity index (χ1v) is 6.06. The number of aromatic hydroxyl groups is 2. The van der Waals surface area contributed by atoms with Crippen LogP contribution in [0.1, 0.15) is 30.1 Å². The molecular formula is C13H18N2O3. The Labute approximate surface area is 106 Å². The molecule has 1 heterocycles. The number of phenols is 2. The highest BCUT2D eigenvalue weighted by atomic mass is 16.3. The van der Waals surface area contributed by atoms with E-state index in [9.17, 15) is 15.0 Å². The lowest BCUT2D eigenvalue weighted by atomic mass is 10.0. The quantitative estimate of drug-likeness (QED) is 0.644. The summed E-state index contributed by atoms with van der Waals surface area (Å²) in [5, 5.41) is 25.2. The molecule has 0 saturated carbocycles. The molecule has 18 heavy (non-hydrogen) atoms. The number of hydrogen-bond acceptors (Lipinski definition) is 4. The highest BCUT2D eigenvalue weighted by Crippen LogP contribution is 2.26. The lowest BCUT2D eigenvalue weighted by Gasteiger charge is -2.24. The zero-order valence-corrected chi connectivity index (χ0v) is 10.4. The molecule has 1 saturated heterocycles. The molecule has 4 N–H and O–H groups in total. The van der Waals surface area contributed by atoms with E-state index in [1.54, 1.807) is 0 Å². The van der Waals surface area contributed by atoms with E-state index in [4.69, 9.17) is 0 Å². The van der Waals surface area contributed by atoms with E-state index < -0.39 is 5.91 Å². The summed E-state index contributed by atoms with van der Waals surface area (Å²) in [5.74, 6) is -0.880. The minimum atomic E-state index is -0.458. The Morgan fingerprint density at radius 3 is 2.67 bits per heavy atom. The largest absolute Gasteiger partial charge is 0.507 e. The summed E-state index contributed by atoms with van der Waals surface area (Å²) >= 11 is 0.